The van der Waals surface area contributed by atoms with Gasteiger partial charge in [-0.05, 0) is 28.5 Å². The van der Waals surface area contributed by atoms with E-state index in [4.69, 9.17) is 5.73 Å². The van der Waals surface area contributed by atoms with Crippen LogP contribution in [0.15, 0.2) is 22.8 Å². The van der Waals surface area contributed by atoms with Crippen LogP contribution in [-0.4, -0.2) is 22.1 Å². The molecule has 2 N–H and O–H groups in total. The van der Waals surface area contributed by atoms with Gasteiger partial charge in [-0.15, -0.1) is 0 Å². The lowest BCUT2D eigenvalue weighted by Crippen LogP contribution is -2.08. The van der Waals surface area contributed by atoms with Crippen LogP contribution in [0.25, 0.3) is 10.9 Å². The van der Waals surface area contributed by atoms with Crippen molar-refractivity contribution in [1.82, 2.24) is 9.78 Å². The minimum Gasteiger partial charge on any atom is -0.330 e. The Hall–Kier alpha value is -1.20. The molecule has 16 heavy (non-hydrogen) atoms. The zero-order valence-corrected chi connectivity index (χ0v) is 10.5. The summed E-state index contributed by atoms with van der Waals surface area (Å²) in [5.41, 5.74) is 7.02. The van der Waals surface area contributed by atoms with E-state index in [0.717, 1.165) is 10.9 Å². The average molecular weight is 282 g/mol. The van der Waals surface area contributed by atoms with E-state index in [-0.39, 0.29) is 5.78 Å². The molecule has 0 aliphatic heterocycles. The number of carbonyl (C=O) groups is 1. The van der Waals surface area contributed by atoms with E-state index in [1.54, 1.807) is 4.68 Å². The molecule has 5 heteroatoms. The van der Waals surface area contributed by atoms with E-state index in [1.807, 2.05) is 25.2 Å². The first-order valence-electron chi connectivity index (χ1n) is 4.99. The Kier molecular flexibility index (Phi) is 3.07. The molecule has 0 atom stereocenters. The molecule has 2 aromatic rings. The summed E-state index contributed by atoms with van der Waals surface area (Å²) in [6, 6.07) is 5.61. The molecule has 1 aromatic heterocycles. The van der Waals surface area contributed by atoms with Crippen molar-refractivity contribution in [3.8, 4) is 0 Å². The second-order valence-electron chi connectivity index (χ2n) is 3.58. The Balaban J connectivity index is 2.66. The molecule has 0 fully saturated rings. The number of hydrogen-bond donors (Lipinski definition) is 1. The Morgan fingerprint density at radius 1 is 1.56 bits per heavy atom. The first-order valence-corrected chi connectivity index (χ1v) is 5.79. The lowest BCUT2D eigenvalue weighted by Gasteiger charge is -2.01. The number of aromatic nitrogens is 2. The number of rotatable bonds is 3. The summed E-state index contributed by atoms with van der Waals surface area (Å²) in [6.07, 6.45) is 0.362. The lowest BCUT2D eigenvalue weighted by molar-refractivity contribution is 0.0987. The number of aryl methyl sites for hydroxylation is 1. The van der Waals surface area contributed by atoms with Crippen molar-refractivity contribution in [2.75, 3.05) is 6.54 Å². The van der Waals surface area contributed by atoms with Gasteiger partial charge in [-0.1, -0.05) is 12.1 Å². The number of nitrogens with two attached hydrogens (primary N) is 1. The number of fused-ring (bicyclic) bond motifs is 1. The SMILES string of the molecule is Cn1nc(Br)c2c(C(=O)CCN)cccc21. The standard InChI is InChI=1S/C11H12BrN3O/c1-15-8-4-2-3-7(9(16)5-6-13)10(8)11(12)14-15/h2-4H,5-6,13H2,1H3. The molecule has 0 aliphatic rings. The van der Waals surface area contributed by atoms with Gasteiger partial charge in [0.25, 0.3) is 0 Å². The van der Waals surface area contributed by atoms with Gasteiger partial charge in [-0.3, -0.25) is 9.48 Å². The third kappa shape index (κ3) is 1.76. The Morgan fingerprint density at radius 2 is 2.31 bits per heavy atom. The summed E-state index contributed by atoms with van der Waals surface area (Å²) in [5.74, 6) is 0.0572. The molecule has 0 aliphatic carbocycles. The Labute approximate surface area is 102 Å². The maximum absolute atomic E-state index is 11.9. The summed E-state index contributed by atoms with van der Waals surface area (Å²) in [5, 5.41) is 5.11. The summed E-state index contributed by atoms with van der Waals surface area (Å²) in [6.45, 7) is 0.368. The van der Waals surface area contributed by atoms with Gasteiger partial charge in [0.15, 0.2) is 5.78 Å². The highest BCUT2D eigenvalue weighted by Crippen LogP contribution is 2.27. The molecular weight excluding hydrogens is 270 g/mol. The molecule has 0 spiro atoms. The molecule has 1 heterocycles. The zero-order chi connectivity index (χ0) is 11.7. The third-order valence-corrected chi connectivity index (χ3v) is 3.06. The molecule has 4 nitrogen and oxygen atoms in total. The molecule has 0 saturated heterocycles. The largest absolute Gasteiger partial charge is 0.330 e. The van der Waals surface area contributed by atoms with E-state index < -0.39 is 0 Å². The number of Topliss-reactive ketones (excluding diaryl/α,β-unsaturated/α-hetero) is 1. The van der Waals surface area contributed by atoms with E-state index >= 15 is 0 Å². The van der Waals surface area contributed by atoms with Gasteiger partial charge in [0, 0.05) is 24.4 Å². The van der Waals surface area contributed by atoms with Gasteiger partial charge in [0.2, 0.25) is 0 Å². The maximum atomic E-state index is 11.9. The van der Waals surface area contributed by atoms with Gasteiger partial charge in [0.05, 0.1) is 5.52 Å². The van der Waals surface area contributed by atoms with Gasteiger partial charge in [0.1, 0.15) is 4.60 Å². The third-order valence-electron chi connectivity index (χ3n) is 2.51. The fraction of sp³-hybridized carbons (Fsp3) is 0.273. The van der Waals surface area contributed by atoms with Crippen molar-refractivity contribution in [2.24, 2.45) is 12.8 Å². The number of halogens is 1. The smallest absolute Gasteiger partial charge is 0.164 e. The normalized spacial score (nSPS) is 10.9. The van der Waals surface area contributed by atoms with Crippen molar-refractivity contribution in [3.05, 3.63) is 28.4 Å². The van der Waals surface area contributed by atoms with Gasteiger partial charge in [-0.25, -0.2) is 0 Å². The minimum atomic E-state index is 0.0572. The van der Waals surface area contributed by atoms with Crippen molar-refractivity contribution < 1.29 is 4.79 Å². The van der Waals surface area contributed by atoms with Gasteiger partial charge < -0.3 is 5.73 Å². The fourth-order valence-corrected chi connectivity index (χ4v) is 2.41. The highest BCUT2D eigenvalue weighted by Gasteiger charge is 2.15. The zero-order valence-electron chi connectivity index (χ0n) is 8.90. The summed E-state index contributed by atoms with van der Waals surface area (Å²) >= 11 is 3.37. The van der Waals surface area contributed by atoms with E-state index in [0.29, 0.717) is 23.1 Å². The van der Waals surface area contributed by atoms with Crippen molar-refractivity contribution >= 4 is 32.6 Å². The predicted octanol–water partition coefficient (Wildman–Crippen LogP) is 1.87. The molecule has 0 unspecified atom stereocenters. The van der Waals surface area contributed by atoms with Crippen LogP contribution in [0.5, 0.6) is 0 Å². The molecule has 1 aromatic carbocycles. The quantitative estimate of drug-likeness (QED) is 0.874. The predicted molar refractivity (Wildman–Crippen MR) is 66.4 cm³/mol. The molecule has 2 rings (SSSR count). The second kappa shape index (κ2) is 4.35. The average Bonchev–Trinajstić information content (AvgIpc) is 2.55. The van der Waals surface area contributed by atoms with Gasteiger partial charge in [-0.2, -0.15) is 5.10 Å². The summed E-state index contributed by atoms with van der Waals surface area (Å²) < 4.78 is 2.45. The molecule has 0 saturated carbocycles. The first-order chi connectivity index (χ1) is 7.65. The Bertz CT molecular complexity index is 547. The fourth-order valence-electron chi connectivity index (χ4n) is 1.76. The Morgan fingerprint density at radius 3 is 3.00 bits per heavy atom. The highest BCUT2D eigenvalue weighted by molar-refractivity contribution is 9.10. The molecule has 0 amide bonds. The monoisotopic (exact) mass is 281 g/mol. The number of benzene rings is 1. The summed E-state index contributed by atoms with van der Waals surface area (Å²) in [4.78, 5) is 11.9. The maximum Gasteiger partial charge on any atom is 0.164 e. The van der Waals surface area contributed by atoms with Crippen LogP contribution in [0.3, 0.4) is 0 Å². The van der Waals surface area contributed by atoms with Crippen molar-refractivity contribution in [1.29, 1.82) is 0 Å². The van der Waals surface area contributed by atoms with Crippen LogP contribution in [0.4, 0.5) is 0 Å². The van der Waals surface area contributed by atoms with Crippen LogP contribution < -0.4 is 5.73 Å². The number of carbonyl (C=O) groups excluding carboxylic acids is 1. The van der Waals surface area contributed by atoms with Crippen LogP contribution in [0.1, 0.15) is 16.8 Å². The van der Waals surface area contributed by atoms with Crippen molar-refractivity contribution in [3.63, 3.8) is 0 Å². The number of ketones is 1. The van der Waals surface area contributed by atoms with Gasteiger partial charge >= 0.3 is 0 Å². The van der Waals surface area contributed by atoms with Crippen LogP contribution in [-0.2, 0) is 7.05 Å². The minimum absolute atomic E-state index is 0.0572. The van der Waals surface area contributed by atoms with E-state index in [2.05, 4.69) is 21.0 Å². The van der Waals surface area contributed by atoms with Crippen molar-refractivity contribution in [2.45, 2.75) is 6.42 Å². The molecule has 0 radical (unpaired) electrons. The van der Waals surface area contributed by atoms with E-state index in [1.165, 1.54) is 0 Å². The topological polar surface area (TPSA) is 60.9 Å². The summed E-state index contributed by atoms with van der Waals surface area (Å²) in [7, 11) is 1.85. The van der Waals surface area contributed by atoms with Crippen LogP contribution >= 0.6 is 15.9 Å². The lowest BCUT2D eigenvalue weighted by atomic mass is 10.0. The van der Waals surface area contributed by atoms with E-state index in [9.17, 15) is 4.79 Å². The molecular formula is C11H12BrN3O. The number of hydrogen-bond acceptors (Lipinski definition) is 3. The first kappa shape index (κ1) is 11.3. The van der Waals surface area contributed by atoms with Crippen LogP contribution in [0, 0.1) is 0 Å². The molecule has 0 bridgehead atoms. The number of nitrogens with zero attached hydrogens (tertiary/aromatic N) is 2. The van der Waals surface area contributed by atoms with Crippen LogP contribution in [0.2, 0.25) is 0 Å². The highest BCUT2D eigenvalue weighted by atomic mass is 79.9. The second-order valence-corrected chi connectivity index (χ2v) is 4.33. The molecule has 84 valence electrons.